The zero-order valence-corrected chi connectivity index (χ0v) is 11.4. The number of aliphatic hydroxyl groups is 2. The molecule has 2 rings (SSSR count). The highest BCUT2D eigenvalue weighted by atomic mass is 79.9. The smallest absolute Gasteiger partial charge is 0.390 e. The van der Waals surface area contributed by atoms with Crippen molar-refractivity contribution in [1.82, 2.24) is 4.98 Å². The number of H-pyrrole nitrogens is 1. The first-order valence-corrected chi connectivity index (χ1v) is 6.75. The molecule has 6 nitrogen and oxygen atoms in total. The molecule has 0 saturated carbocycles. The Hall–Kier alpha value is -1.44. The van der Waals surface area contributed by atoms with E-state index in [4.69, 9.17) is 0 Å². The predicted octanol–water partition coefficient (Wildman–Crippen LogP) is 0.661. The number of rotatable bonds is 4. The largest absolute Gasteiger partial charge is 0.419 e. The Balaban J connectivity index is 2.61. The third kappa shape index (κ3) is 2.78. The first-order valence-electron chi connectivity index (χ1n) is 5.62. The molecule has 0 aliphatic carbocycles. The predicted molar refractivity (Wildman–Crippen MR) is 72.5 cm³/mol. The highest BCUT2D eigenvalue weighted by Gasteiger charge is 2.21. The van der Waals surface area contributed by atoms with Crippen LogP contribution in [-0.4, -0.2) is 26.6 Å². The lowest BCUT2D eigenvalue weighted by molar-refractivity contribution is 0.0181. The molecule has 2 atom stereocenters. The third-order valence-electron chi connectivity index (χ3n) is 2.81. The van der Waals surface area contributed by atoms with Gasteiger partial charge in [-0.05, 0) is 18.1 Å². The van der Waals surface area contributed by atoms with Gasteiger partial charge in [-0.2, -0.15) is 0 Å². The van der Waals surface area contributed by atoms with Crippen molar-refractivity contribution in [3.8, 4) is 0 Å². The number of alkyl halides is 1. The van der Waals surface area contributed by atoms with Crippen LogP contribution < -0.4 is 11.4 Å². The van der Waals surface area contributed by atoms with Crippen LogP contribution in [0.3, 0.4) is 0 Å². The van der Waals surface area contributed by atoms with Gasteiger partial charge >= 0.3 is 11.4 Å². The molecule has 2 aromatic rings. The van der Waals surface area contributed by atoms with Gasteiger partial charge in [0.15, 0.2) is 0 Å². The van der Waals surface area contributed by atoms with Gasteiger partial charge in [-0.1, -0.05) is 28.1 Å². The van der Waals surface area contributed by atoms with E-state index in [-0.39, 0.29) is 16.5 Å². The van der Waals surface area contributed by atoms with Crippen molar-refractivity contribution in [3.63, 3.8) is 0 Å². The Morgan fingerprint density at radius 1 is 1.32 bits per heavy atom. The summed E-state index contributed by atoms with van der Waals surface area (Å²) in [5.41, 5.74) is -0.334. The minimum atomic E-state index is -1.23. The van der Waals surface area contributed by atoms with Gasteiger partial charge in [0.2, 0.25) is 0 Å². The molecule has 0 spiro atoms. The lowest BCUT2D eigenvalue weighted by atomic mass is 9.99. The summed E-state index contributed by atoms with van der Waals surface area (Å²) in [5, 5.41) is 20.4. The van der Waals surface area contributed by atoms with Crippen LogP contribution >= 0.6 is 15.9 Å². The van der Waals surface area contributed by atoms with E-state index < -0.39 is 23.6 Å². The van der Waals surface area contributed by atoms with Crippen LogP contribution in [0, 0.1) is 0 Å². The van der Waals surface area contributed by atoms with Crippen molar-refractivity contribution >= 4 is 26.8 Å². The van der Waals surface area contributed by atoms with Gasteiger partial charge < -0.3 is 14.6 Å². The van der Waals surface area contributed by atoms with Crippen LogP contribution in [0.1, 0.15) is 18.1 Å². The molecule has 0 radical (unpaired) electrons. The normalized spacial score (nSPS) is 14.5. The summed E-state index contributed by atoms with van der Waals surface area (Å²) < 4.78 is 4.45. The van der Waals surface area contributed by atoms with Gasteiger partial charge in [-0.25, -0.2) is 9.59 Å². The second kappa shape index (κ2) is 5.68. The molecule has 0 amide bonds. The van der Waals surface area contributed by atoms with E-state index in [0.717, 1.165) is 0 Å². The monoisotopic (exact) mass is 329 g/mol. The Morgan fingerprint density at radius 3 is 2.74 bits per heavy atom. The van der Waals surface area contributed by atoms with Crippen molar-refractivity contribution in [2.24, 2.45) is 0 Å². The lowest BCUT2D eigenvalue weighted by Gasteiger charge is -2.18. The Labute approximate surface area is 115 Å². The molecule has 1 aromatic heterocycles. The third-order valence-corrected chi connectivity index (χ3v) is 3.27. The summed E-state index contributed by atoms with van der Waals surface area (Å²) in [6.45, 7) is 0. The van der Waals surface area contributed by atoms with Crippen LogP contribution in [0.5, 0.6) is 0 Å². The quantitative estimate of drug-likeness (QED) is 0.715. The van der Waals surface area contributed by atoms with Crippen LogP contribution in [0.25, 0.3) is 10.9 Å². The van der Waals surface area contributed by atoms with E-state index in [9.17, 15) is 19.8 Å². The second-order valence-corrected chi connectivity index (χ2v) is 4.85. The minimum absolute atomic E-state index is 0.0724. The first-order chi connectivity index (χ1) is 9.04. The van der Waals surface area contributed by atoms with E-state index >= 15 is 0 Å². The summed E-state index contributed by atoms with van der Waals surface area (Å²) in [6, 6.07) is 4.62. The maximum Gasteiger partial charge on any atom is 0.419 e. The summed E-state index contributed by atoms with van der Waals surface area (Å²) in [4.78, 5) is 25.2. The number of hydrogen-bond donors (Lipinski definition) is 3. The second-order valence-electron chi connectivity index (χ2n) is 4.06. The fourth-order valence-corrected chi connectivity index (χ4v) is 2.37. The molecule has 0 saturated heterocycles. The summed E-state index contributed by atoms with van der Waals surface area (Å²) in [7, 11) is 0. The molecule has 19 heavy (non-hydrogen) atoms. The highest BCUT2D eigenvalue weighted by molar-refractivity contribution is 9.09. The minimum Gasteiger partial charge on any atom is -0.390 e. The van der Waals surface area contributed by atoms with E-state index in [1.54, 1.807) is 6.07 Å². The first kappa shape index (κ1) is 14.0. The van der Waals surface area contributed by atoms with Gasteiger partial charge in [-0.15, -0.1) is 0 Å². The number of nitrogens with one attached hydrogen (secondary N) is 1. The number of aliphatic hydroxyl groups excluding tert-OH is 2. The van der Waals surface area contributed by atoms with Crippen LogP contribution in [0.4, 0.5) is 0 Å². The number of hydrogen-bond acceptors (Lipinski definition) is 5. The van der Waals surface area contributed by atoms with Gasteiger partial charge in [0.25, 0.3) is 0 Å². The fourth-order valence-electron chi connectivity index (χ4n) is 1.90. The fraction of sp³-hybridized carbons (Fsp3) is 0.333. The molecule has 0 aliphatic heterocycles. The zero-order chi connectivity index (χ0) is 14.0. The molecular formula is C12H12BrNO5. The SMILES string of the molecule is O=c1[nH]c2cccc(C(O)C(O)CCBr)c2c(=O)o1. The lowest BCUT2D eigenvalue weighted by Crippen LogP contribution is -2.22. The highest BCUT2D eigenvalue weighted by Crippen LogP contribution is 2.24. The van der Waals surface area contributed by atoms with Crippen molar-refractivity contribution < 1.29 is 14.6 Å². The number of aromatic nitrogens is 1. The summed E-state index contributed by atoms with van der Waals surface area (Å²) in [6.07, 6.45) is -1.92. The Bertz CT molecular complexity index is 692. The Morgan fingerprint density at radius 2 is 2.05 bits per heavy atom. The summed E-state index contributed by atoms with van der Waals surface area (Å²) in [5.74, 6) is -0.856. The molecule has 0 bridgehead atoms. The molecule has 102 valence electrons. The Kier molecular flexibility index (Phi) is 4.18. The molecule has 7 heteroatoms. The van der Waals surface area contributed by atoms with Gasteiger partial charge in [-0.3, -0.25) is 4.98 Å². The average molecular weight is 330 g/mol. The van der Waals surface area contributed by atoms with Crippen molar-refractivity contribution in [2.75, 3.05) is 5.33 Å². The van der Waals surface area contributed by atoms with Crippen molar-refractivity contribution in [3.05, 3.63) is 44.7 Å². The van der Waals surface area contributed by atoms with E-state index in [1.807, 2.05) is 0 Å². The standard InChI is InChI=1S/C12H12BrNO5/c13-5-4-8(15)10(16)6-2-1-3-7-9(6)11(17)19-12(18)14-7/h1-3,8,10,15-16H,4-5H2,(H,14,18). The molecular weight excluding hydrogens is 318 g/mol. The van der Waals surface area contributed by atoms with Gasteiger partial charge in [0, 0.05) is 5.33 Å². The van der Waals surface area contributed by atoms with Gasteiger partial charge in [0.1, 0.15) is 6.10 Å². The maximum atomic E-state index is 11.7. The average Bonchev–Trinajstić information content (AvgIpc) is 2.37. The molecule has 1 aromatic carbocycles. The molecule has 3 N–H and O–H groups in total. The van der Waals surface area contributed by atoms with Crippen LogP contribution in [0.2, 0.25) is 0 Å². The van der Waals surface area contributed by atoms with Gasteiger partial charge in [0.05, 0.1) is 17.0 Å². The summed E-state index contributed by atoms with van der Waals surface area (Å²) >= 11 is 3.17. The van der Waals surface area contributed by atoms with Crippen LogP contribution in [0.15, 0.2) is 32.2 Å². The molecule has 1 heterocycles. The molecule has 2 unspecified atom stereocenters. The maximum absolute atomic E-state index is 11.7. The van der Waals surface area contributed by atoms with E-state index in [2.05, 4.69) is 25.3 Å². The number of fused-ring (bicyclic) bond motifs is 1. The topological polar surface area (TPSA) is 104 Å². The molecule has 0 aliphatic rings. The van der Waals surface area contributed by atoms with Crippen molar-refractivity contribution in [1.29, 1.82) is 0 Å². The zero-order valence-electron chi connectivity index (χ0n) is 9.80. The number of halogens is 1. The van der Waals surface area contributed by atoms with Crippen molar-refractivity contribution in [2.45, 2.75) is 18.6 Å². The van der Waals surface area contributed by atoms with Crippen LogP contribution in [-0.2, 0) is 0 Å². The molecule has 0 fully saturated rings. The van der Waals surface area contributed by atoms with E-state index in [0.29, 0.717) is 11.8 Å². The number of benzene rings is 1. The number of aromatic amines is 1. The van der Waals surface area contributed by atoms with E-state index in [1.165, 1.54) is 12.1 Å².